The van der Waals surface area contributed by atoms with E-state index in [1.54, 1.807) is 0 Å². The lowest BCUT2D eigenvalue weighted by molar-refractivity contribution is 0.103. The van der Waals surface area contributed by atoms with Gasteiger partial charge in [0.1, 0.15) is 0 Å². The molecule has 2 nitrogen and oxygen atoms in total. The van der Waals surface area contributed by atoms with Crippen molar-refractivity contribution in [2.24, 2.45) is 5.92 Å². The Kier molecular flexibility index (Phi) is 8.95. The first-order chi connectivity index (χ1) is 5.85. The van der Waals surface area contributed by atoms with Crippen LogP contribution in [0.5, 0.6) is 0 Å². The quantitative estimate of drug-likeness (QED) is 0.572. The fourth-order valence-corrected chi connectivity index (χ4v) is 1.02. The molecule has 0 radical (unpaired) electrons. The van der Waals surface area contributed by atoms with Crippen LogP contribution in [-0.2, 0) is 4.74 Å². The van der Waals surface area contributed by atoms with Crippen LogP contribution < -0.4 is 0 Å². The van der Waals surface area contributed by atoms with Crippen LogP contribution in [-0.4, -0.2) is 24.9 Å². The third-order valence-corrected chi connectivity index (χ3v) is 2.15. The number of rotatable bonds is 8. The van der Waals surface area contributed by atoms with Gasteiger partial charge in [0.25, 0.3) is 0 Å². The van der Waals surface area contributed by atoms with Gasteiger partial charge in [-0.25, -0.2) is 0 Å². The highest BCUT2D eigenvalue weighted by atomic mass is 16.5. The lowest BCUT2D eigenvalue weighted by Crippen LogP contribution is -2.08. The molecule has 0 bridgehead atoms. The van der Waals surface area contributed by atoms with Crippen LogP contribution in [0.25, 0.3) is 0 Å². The third kappa shape index (κ3) is 6.62. The van der Waals surface area contributed by atoms with E-state index >= 15 is 0 Å². The molecule has 74 valence electrons. The molecule has 0 fully saturated rings. The normalized spacial score (nSPS) is 13.2. The zero-order valence-electron chi connectivity index (χ0n) is 8.38. The number of unbranched alkanes of at least 4 members (excludes halogenated alkanes) is 1. The highest BCUT2D eigenvalue weighted by Gasteiger charge is 2.03. The van der Waals surface area contributed by atoms with E-state index in [0.717, 1.165) is 32.5 Å². The first kappa shape index (κ1) is 11.9. The van der Waals surface area contributed by atoms with Crippen molar-refractivity contribution in [3.8, 4) is 0 Å². The molecule has 0 aromatic rings. The fraction of sp³-hybridized carbons (Fsp3) is 1.00. The van der Waals surface area contributed by atoms with Crippen LogP contribution in [0, 0.1) is 5.92 Å². The Morgan fingerprint density at radius 3 is 2.50 bits per heavy atom. The lowest BCUT2D eigenvalue weighted by atomic mass is 10.0. The van der Waals surface area contributed by atoms with Crippen LogP contribution in [0.3, 0.4) is 0 Å². The summed E-state index contributed by atoms with van der Waals surface area (Å²) < 4.78 is 5.40. The molecule has 12 heavy (non-hydrogen) atoms. The van der Waals surface area contributed by atoms with Gasteiger partial charge < -0.3 is 9.84 Å². The van der Waals surface area contributed by atoms with E-state index in [4.69, 9.17) is 9.84 Å². The van der Waals surface area contributed by atoms with Gasteiger partial charge in [-0.15, -0.1) is 0 Å². The van der Waals surface area contributed by atoms with Crippen molar-refractivity contribution < 1.29 is 9.84 Å². The monoisotopic (exact) mass is 174 g/mol. The van der Waals surface area contributed by atoms with Gasteiger partial charge in [0.2, 0.25) is 0 Å². The highest BCUT2D eigenvalue weighted by Crippen LogP contribution is 2.06. The lowest BCUT2D eigenvalue weighted by Gasteiger charge is -2.10. The summed E-state index contributed by atoms with van der Waals surface area (Å²) in [4.78, 5) is 0. The van der Waals surface area contributed by atoms with Crippen molar-refractivity contribution in [2.45, 2.75) is 39.5 Å². The SMILES string of the molecule is CCCCOCCC(CC)CO. The first-order valence-corrected chi connectivity index (χ1v) is 5.03. The summed E-state index contributed by atoms with van der Waals surface area (Å²) in [6.07, 6.45) is 4.39. The van der Waals surface area contributed by atoms with Crippen LogP contribution >= 0.6 is 0 Å². The Morgan fingerprint density at radius 2 is 2.00 bits per heavy atom. The topological polar surface area (TPSA) is 29.5 Å². The minimum absolute atomic E-state index is 0.299. The van der Waals surface area contributed by atoms with Crippen LogP contribution in [0.4, 0.5) is 0 Å². The Balaban J connectivity index is 3.06. The molecule has 1 atom stereocenters. The van der Waals surface area contributed by atoms with Gasteiger partial charge in [0.15, 0.2) is 0 Å². The van der Waals surface area contributed by atoms with Crippen molar-refractivity contribution in [3.63, 3.8) is 0 Å². The predicted octanol–water partition coefficient (Wildman–Crippen LogP) is 2.21. The molecule has 1 unspecified atom stereocenters. The summed E-state index contributed by atoms with van der Waals surface area (Å²) in [5.41, 5.74) is 0. The molecule has 0 aliphatic carbocycles. The number of hydrogen-bond donors (Lipinski definition) is 1. The fourth-order valence-electron chi connectivity index (χ4n) is 1.02. The van der Waals surface area contributed by atoms with Crippen molar-refractivity contribution in [1.29, 1.82) is 0 Å². The van der Waals surface area contributed by atoms with Gasteiger partial charge in [-0.2, -0.15) is 0 Å². The van der Waals surface area contributed by atoms with Gasteiger partial charge in [0, 0.05) is 19.8 Å². The van der Waals surface area contributed by atoms with Crippen molar-refractivity contribution >= 4 is 0 Å². The van der Waals surface area contributed by atoms with E-state index in [0.29, 0.717) is 12.5 Å². The largest absolute Gasteiger partial charge is 0.396 e. The summed E-state index contributed by atoms with van der Waals surface area (Å²) in [5.74, 6) is 0.437. The second-order valence-corrected chi connectivity index (χ2v) is 3.21. The summed E-state index contributed by atoms with van der Waals surface area (Å²) in [7, 11) is 0. The maximum Gasteiger partial charge on any atom is 0.0469 e. The van der Waals surface area contributed by atoms with Crippen molar-refractivity contribution in [2.75, 3.05) is 19.8 Å². The molecule has 0 aromatic carbocycles. The molecule has 0 rings (SSSR count). The zero-order chi connectivity index (χ0) is 9.23. The first-order valence-electron chi connectivity index (χ1n) is 5.03. The van der Waals surface area contributed by atoms with E-state index in [1.807, 2.05) is 0 Å². The standard InChI is InChI=1S/C10H22O2/c1-3-5-7-12-8-6-10(4-2)9-11/h10-11H,3-9H2,1-2H3. The second-order valence-electron chi connectivity index (χ2n) is 3.21. The molecule has 0 saturated heterocycles. The summed E-state index contributed by atoms with van der Waals surface area (Å²) in [5, 5.41) is 8.87. The number of aliphatic hydroxyl groups is 1. The molecule has 0 aliphatic heterocycles. The van der Waals surface area contributed by atoms with E-state index in [-0.39, 0.29) is 0 Å². The minimum atomic E-state index is 0.299. The van der Waals surface area contributed by atoms with Gasteiger partial charge in [-0.3, -0.25) is 0 Å². The van der Waals surface area contributed by atoms with Crippen molar-refractivity contribution in [3.05, 3.63) is 0 Å². The number of ether oxygens (including phenoxy) is 1. The van der Waals surface area contributed by atoms with Gasteiger partial charge in [0.05, 0.1) is 0 Å². The molecular formula is C10H22O2. The molecule has 2 heteroatoms. The molecule has 0 spiro atoms. The molecule has 0 aromatic heterocycles. The highest BCUT2D eigenvalue weighted by molar-refractivity contribution is 4.53. The van der Waals surface area contributed by atoms with Gasteiger partial charge >= 0.3 is 0 Å². The Hall–Kier alpha value is -0.0800. The van der Waals surface area contributed by atoms with Crippen LogP contribution in [0.1, 0.15) is 39.5 Å². The summed E-state index contributed by atoms with van der Waals surface area (Å²) in [6.45, 7) is 6.24. The van der Waals surface area contributed by atoms with E-state index in [2.05, 4.69) is 13.8 Å². The van der Waals surface area contributed by atoms with Crippen molar-refractivity contribution in [1.82, 2.24) is 0 Å². The zero-order valence-corrected chi connectivity index (χ0v) is 8.38. The Bertz CT molecular complexity index is 79.9. The maximum absolute atomic E-state index is 8.87. The average molecular weight is 174 g/mol. The molecule has 0 aliphatic rings. The average Bonchev–Trinajstić information content (AvgIpc) is 2.11. The second kappa shape index (κ2) is 9.01. The Labute approximate surface area is 75.9 Å². The number of hydrogen-bond acceptors (Lipinski definition) is 2. The maximum atomic E-state index is 8.87. The predicted molar refractivity (Wildman–Crippen MR) is 51.2 cm³/mol. The Morgan fingerprint density at radius 1 is 1.25 bits per heavy atom. The molecule has 0 heterocycles. The van der Waals surface area contributed by atoms with Crippen LogP contribution in [0.15, 0.2) is 0 Å². The van der Waals surface area contributed by atoms with Crippen LogP contribution in [0.2, 0.25) is 0 Å². The number of aliphatic hydroxyl groups excluding tert-OH is 1. The minimum Gasteiger partial charge on any atom is -0.396 e. The van der Waals surface area contributed by atoms with Gasteiger partial charge in [-0.05, 0) is 18.8 Å². The van der Waals surface area contributed by atoms with Gasteiger partial charge in [-0.1, -0.05) is 26.7 Å². The molecule has 0 amide bonds. The molecule has 0 saturated carbocycles. The molecule has 1 N–H and O–H groups in total. The summed E-state index contributed by atoms with van der Waals surface area (Å²) >= 11 is 0. The molecular weight excluding hydrogens is 152 g/mol. The van der Waals surface area contributed by atoms with E-state index < -0.39 is 0 Å². The summed E-state index contributed by atoms with van der Waals surface area (Å²) in [6, 6.07) is 0. The third-order valence-electron chi connectivity index (χ3n) is 2.15. The van der Waals surface area contributed by atoms with E-state index in [9.17, 15) is 0 Å². The van der Waals surface area contributed by atoms with E-state index in [1.165, 1.54) is 6.42 Å². The smallest absolute Gasteiger partial charge is 0.0469 e.